The number of ether oxygens (including phenoxy) is 1. The van der Waals surface area contributed by atoms with Gasteiger partial charge >= 0.3 is 0 Å². The van der Waals surface area contributed by atoms with Crippen molar-refractivity contribution in [1.29, 1.82) is 5.26 Å². The van der Waals surface area contributed by atoms with Gasteiger partial charge in [-0.1, -0.05) is 48.0 Å². The van der Waals surface area contributed by atoms with E-state index in [1.807, 2.05) is 6.07 Å². The zero-order chi connectivity index (χ0) is 22.1. The van der Waals surface area contributed by atoms with E-state index in [2.05, 4.69) is 5.32 Å². The zero-order valence-electron chi connectivity index (χ0n) is 16.3. The first kappa shape index (κ1) is 20.3. The van der Waals surface area contributed by atoms with Crippen LogP contribution in [0.1, 0.15) is 44.3 Å². The Hall–Kier alpha value is -3.95. The molecular weight excluding hydrogens is 416 g/mol. The Kier molecular flexibility index (Phi) is 5.28. The number of anilines is 1. The molecule has 3 aromatic rings. The molecule has 1 atom stereocenters. The molecule has 0 heterocycles. The molecule has 7 heteroatoms. The van der Waals surface area contributed by atoms with Crippen LogP contribution in [0.4, 0.5) is 5.69 Å². The number of nitriles is 1. The fraction of sp³-hybridized carbons (Fsp3) is 0.0833. The largest absolute Gasteiger partial charge is 0.479 e. The molecule has 0 spiro atoms. The lowest BCUT2D eigenvalue weighted by Crippen LogP contribution is -2.32. The van der Waals surface area contributed by atoms with Crippen molar-refractivity contribution in [3.8, 4) is 11.8 Å². The summed E-state index contributed by atoms with van der Waals surface area (Å²) in [7, 11) is 0. The Balaban J connectivity index is 1.59. The molecule has 3 aromatic carbocycles. The van der Waals surface area contributed by atoms with E-state index in [9.17, 15) is 14.4 Å². The van der Waals surface area contributed by atoms with Gasteiger partial charge in [-0.05, 0) is 31.2 Å². The van der Waals surface area contributed by atoms with Crippen LogP contribution in [0.2, 0.25) is 5.02 Å². The van der Waals surface area contributed by atoms with Crippen molar-refractivity contribution in [2.24, 2.45) is 0 Å². The summed E-state index contributed by atoms with van der Waals surface area (Å²) in [4.78, 5) is 38.6. The van der Waals surface area contributed by atoms with Crippen molar-refractivity contribution in [2.75, 3.05) is 5.32 Å². The Bertz CT molecular complexity index is 1290. The average Bonchev–Trinajstić information content (AvgIpc) is 2.78. The van der Waals surface area contributed by atoms with Gasteiger partial charge < -0.3 is 10.1 Å². The van der Waals surface area contributed by atoms with Gasteiger partial charge in [0.2, 0.25) is 0 Å². The standard InChI is InChI=1S/C24H15ClN2O4/c1-13(31-20-10-9-14(12-26)11-18(20)25)24(30)27-19-8-4-7-17-21(19)23(29)16-6-3-2-5-15(16)22(17)28/h2-11,13H,1H3,(H,27,30). The van der Waals surface area contributed by atoms with E-state index in [0.717, 1.165) is 0 Å². The first-order valence-electron chi connectivity index (χ1n) is 9.39. The van der Waals surface area contributed by atoms with Crippen LogP contribution in [0.25, 0.3) is 0 Å². The first-order valence-corrected chi connectivity index (χ1v) is 9.77. The quantitative estimate of drug-likeness (QED) is 0.517. The fourth-order valence-corrected chi connectivity index (χ4v) is 3.62. The van der Waals surface area contributed by atoms with Gasteiger partial charge in [0, 0.05) is 16.7 Å². The van der Waals surface area contributed by atoms with Crippen molar-refractivity contribution >= 4 is 34.8 Å². The summed E-state index contributed by atoms with van der Waals surface area (Å²) in [6.07, 6.45) is -0.956. The normalized spacial score (nSPS) is 12.9. The van der Waals surface area contributed by atoms with Gasteiger partial charge in [0.05, 0.1) is 27.9 Å². The predicted molar refractivity (Wildman–Crippen MR) is 115 cm³/mol. The number of carbonyl (C=O) groups is 3. The molecule has 6 nitrogen and oxygen atoms in total. The molecule has 1 unspecified atom stereocenters. The van der Waals surface area contributed by atoms with Crippen LogP contribution in [-0.2, 0) is 4.79 Å². The zero-order valence-corrected chi connectivity index (χ0v) is 17.1. The summed E-state index contributed by atoms with van der Waals surface area (Å²) in [5.41, 5.74) is 1.64. The molecule has 0 saturated carbocycles. The Labute approximate surface area is 183 Å². The highest BCUT2D eigenvalue weighted by Gasteiger charge is 2.32. The van der Waals surface area contributed by atoms with Gasteiger partial charge in [0.1, 0.15) is 5.75 Å². The molecule has 0 fully saturated rings. The molecule has 1 N–H and O–H groups in total. The number of fused-ring (bicyclic) bond motifs is 2. The number of carbonyl (C=O) groups excluding carboxylic acids is 3. The molecule has 1 amide bonds. The Morgan fingerprint density at radius 2 is 1.68 bits per heavy atom. The summed E-state index contributed by atoms with van der Waals surface area (Å²) in [6.45, 7) is 1.53. The molecule has 31 heavy (non-hydrogen) atoms. The maximum Gasteiger partial charge on any atom is 0.265 e. The summed E-state index contributed by atoms with van der Waals surface area (Å²) in [5, 5.41) is 11.8. The highest BCUT2D eigenvalue weighted by molar-refractivity contribution is 6.32. The maximum absolute atomic E-state index is 13.0. The van der Waals surface area contributed by atoms with Crippen LogP contribution < -0.4 is 10.1 Å². The minimum Gasteiger partial charge on any atom is -0.479 e. The van der Waals surface area contributed by atoms with Crippen molar-refractivity contribution in [3.05, 3.63) is 93.5 Å². The van der Waals surface area contributed by atoms with E-state index in [4.69, 9.17) is 21.6 Å². The lowest BCUT2D eigenvalue weighted by Gasteiger charge is -2.21. The molecular formula is C24H15ClN2O4. The summed E-state index contributed by atoms with van der Waals surface area (Å²) in [6, 6.07) is 17.8. The summed E-state index contributed by atoms with van der Waals surface area (Å²) in [5.74, 6) is -0.869. The van der Waals surface area contributed by atoms with Crippen LogP contribution in [0.15, 0.2) is 60.7 Å². The minimum absolute atomic E-state index is 0.156. The minimum atomic E-state index is -0.956. The van der Waals surface area contributed by atoms with E-state index < -0.39 is 12.0 Å². The first-order chi connectivity index (χ1) is 14.9. The van der Waals surface area contributed by atoms with Crippen LogP contribution >= 0.6 is 11.6 Å². The van der Waals surface area contributed by atoms with Crippen molar-refractivity contribution in [2.45, 2.75) is 13.0 Å². The molecule has 4 rings (SSSR count). The van der Waals surface area contributed by atoms with Crippen LogP contribution in [0.3, 0.4) is 0 Å². The number of nitrogens with zero attached hydrogens (tertiary/aromatic N) is 1. The van der Waals surface area contributed by atoms with Gasteiger partial charge in [0.15, 0.2) is 17.7 Å². The molecule has 0 saturated heterocycles. The number of nitrogens with one attached hydrogen (secondary N) is 1. The lowest BCUT2D eigenvalue weighted by atomic mass is 9.83. The van der Waals surface area contributed by atoms with Gasteiger partial charge in [-0.15, -0.1) is 0 Å². The molecule has 0 bridgehead atoms. The van der Waals surface area contributed by atoms with Crippen molar-refractivity contribution in [3.63, 3.8) is 0 Å². The average molecular weight is 431 g/mol. The molecule has 0 aromatic heterocycles. The van der Waals surface area contributed by atoms with Crippen molar-refractivity contribution in [1.82, 2.24) is 0 Å². The van der Waals surface area contributed by atoms with Crippen LogP contribution in [-0.4, -0.2) is 23.6 Å². The van der Waals surface area contributed by atoms with E-state index >= 15 is 0 Å². The van der Waals surface area contributed by atoms with Gasteiger partial charge in [-0.25, -0.2) is 0 Å². The summed E-state index contributed by atoms with van der Waals surface area (Å²) >= 11 is 6.11. The summed E-state index contributed by atoms with van der Waals surface area (Å²) < 4.78 is 5.62. The van der Waals surface area contributed by atoms with Gasteiger partial charge in [0.25, 0.3) is 5.91 Å². The van der Waals surface area contributed by atoms with Crippen LogP contribution in [0.5, 0.6) is 5.75 Å². The lowest BCUT2D eigenvalue weighted by molar-refractivity contribution is -0.122. The molecule has 0 radical (unpaired) electrons. The third-order valence-corrected chi connectivity index (χ3v) is 5.24. The van der Waals surface area contributed by atoms with E-state index in [0.29, 0.717) is 16.7 Å². The predicted octanol–water partition coefficient (Wildman–Crippen LogP) is 4.39. The maximum atomic E-state index is 13.0. The van der Waals surface area contributed by atoms with Gasteiger partial charge in [-0.3, -0.25) is 14.4 Å². The highest BCUT2D eigenvalue weighted by Crippen LogP contribution is 2.32. The van der Waals surface area contributed by atoms with E-state index in [-0.39, 0.29) is 39.2 Å². The Morgan fingerprint density at radius 1 is 1.00 bits per heavy atom. The Morgan fingerprint density at radius 3 is 2.35 bits per heavy atom. The number of benzene rings is 3. The topological polar surface area (TPSA) is 96.3 Å². The van der Waals surface area contributed by atoms with E-state index in [1.165, 1.54) is 25.1 Å². The smallest absolute Gasteiger partial charge is 0.265 e. The second-order valence-corrected chi connectivity index (χ2v) is 7.35. The third kappa shape index (κ3) is 3.67. The molecule has 1 aliphatic carbocycles. The number of halogens is 1. The van der Waals surface area contributed by atoms with E-state index in [1.54, 1.807) is 42.5 Å². The number of ketones is 2. The molecule has 1 aliphatic rings. The monoisotopic (exact) mass is 430 g/mol. The van der Waals surface area contributed by atoms with Crippen molar-refractivity contribution < 1.29 is 19.1 Å². The number of hydrogen-bond donors (Lipinski definition) is 1. The third-order valence-electron chi connectivity index (χ3n) is 4.94. The number of hydrogen-bond acceptors (Lipinski definition) is 5. The molecule has 152 valence electrons. The fourth-order valence-electron chi connectivity index (χ4n) is 3.39. The SMILES string of the molecule is CC(Oc1ccc(C#N)cc1Cl)C(=O)Nc1cccc2c1C(=O)c1ccccc1C2=O. The highest BCUT2D eigenvalue weighted by atomic mass is 35.5. The number of rotatable bonds is 4. The number of amides is 1. The molecule has 0 aliphatic heterocycles. The second-order valence-electron chi connectivity index (χ2n) is 6.94. The van der Waals surface area contributed by atoms with Crippen LogP contribution in [0, 0.1) is 11.3 Å². The van der Waals surface area contributed by atoms with Gasteiger partial charge in [-0.2, -0.15) is 5.26 Å². The second kappa shape index (κ2) is 8.05.